The lowest BCUT2D eigenvalue weighted by Crippen LogP contribution is -2.55. The fourth-order valence-corrected chi connectivity index (χ4v) is 6.51. The van der Waals surface area contributed by atoms with Gasteiger partial charge in [0.2, 0.25) is 11.8 Å². The van der Waals surface area contributed by atoms with Gasteiger partial charge in [0.1, 0.15) is 0 Å². The second-order valence-corrected chi connectivity index (χ2v) is 9.41. The van der Waals surface area contributed by atoms with Crippen LogP contribution in [0.2, 0.25) is 0 Å². The van der Waals surface area contributed by atoms with Gasteiger partial charge in [-0.05, 0) is 75.3 Å². The highest BCUT2D eigenvalue weighted by molar-refractivity contribution is 5.97. The maximum absolute atomic E-state index is 13.2. The molecule has 1 aromatic rings. The lowest BCUT2D eigenvalue weighted by molar-refractivity contribution is -0.146. The Morgan fingerprint density at radius 2 is 1.62 bits per heavy atom. The van der Waals surface area contributed by atoms with Gasteiger partial charge < -0.3 is 10.2 Å². The fraction of sp³-hybridized carbons (Fsp3) is 0.636. The largest absolute Gasteiger partial charge is 0.351 e. The monoisotopic (exact) mass is 352 g/mol. The molecule has 0 radical (unpaired) electrons. The zero-order valence-electron chi connectivity index (χ0n) is 15.5. The van der Waals surface area contributed by atoms with Crippen molar-refractivity contribution in [2.24, 2.45) is 23.2 Å². The number of amides is 2. The van der Waals surface area contributed by atoms with E-state index in [9.17, 15) is 9.59 Å². The molecule has 4 aliphatic carbocycles. The predicted octanol–water partition coefficient (Wildman–Crippen LogP) is 3.43. The molecule has 0 aromatic heterocycles. The summed E-state index contributed by atoms with van der Waals surface area (Å²) in [6, 6.07) is 8.00. The standard InChI is InChI=1S/C22H28N2O2/c1-14-2-4-19(5-3-14)24-13-18(9-20(24)25)23-21(26)22-10-15-6-16(11-22)8-17(7-15)12-22/h2-5,15-18H,6-13H2,1H3,(H,23,26)/t15?,16?,17?,18-,22?/m0/s1. The van der Waals surface area contributed by atoms with E-state index < -0.39 is 0 Å². The Labute approximate surface area is 155 Å². The van der Waals surface area contributed by atoms with Crippen LogP contribution in [-0.2, 0) is 9.59 Å². The molecule has 4 heteroatoms. The Bertz CT molecular complexity index is 704. The van der Waals surface area contributed by atoms with Crippen molar-refractivity contribution in [3.05, 3.63) is 29.8 Å². The molecule has 138 valence electrons. The van der Waals surface area contributed by atoms with Crippen molar-refractivity contribution in [3.8, 4) is 0 Å². The summed E-state index contributed by atoms with van der Waals surface area (Å²) in [4.78, 5) is 27.5. The van der Waals surface area contributed by atoms with Crippen LogP contribution < -0.4 is 10.2 Å². The average molecular weight is 352 g/mol. The van der Waals surface area contributed by atoms with Gasteiger partial charge in [0.05, 0.1) is 6.04 Å². The molecule has 1 N–H and O–H groups in total. The lowest BCUT2D eigenvalue weighted by atomic mass is 9.49. The van der Waals surface area contributed by atoms with Gasteiger partial charge in [-0.15, -0.1) is 0 Å². The molecule has 5 fully saturated rings. The van der Waals surface area contributed by atoms with Crippen molar-refractivity contribution >= 4 is 17.5 Å². The van der Waals surface area contributed by atoms with E-state index in [0.717, 1.165) is 42.7 Å². The third-order valence-electron chi connectivity index (χ3n) is 7.33. The van der Waals surface area contributed by atoms with Crippen LogP contribution in [0.5, 0.6) is 0 Å². The number of rotatable bonds is 3. The van der Waals surface area contributed by atoms with Crippen LogP contribution in [0.25, 0.3) is 0 Å². The third kappa shape index (κ3) is 2.65. The first kappa shape index (κ1) is 16.3. The van der Waals surface area contributed by atoms with Gasteiger partial charge >= 0.3 is 0 Å². The summed E-state index contributed by atoms with van der Waals surface area (Å²) >= 11 is 0. The highest BCUT2D eigenvalue weighted by Crippen LogP contribution is 2.60. The fourth-order valence-electron chi connectivity index (χ4n) is 6.51. The van der Waals surface area contributed by atoms with Gasteiger partial charge in [-0.2, -0.15) is 0 Å². The van der Waals surface area contributed by atoms with Crippen LogP contribution in [0.15, 0.2) is 24.3 Å². The number of carbonyl (C=O) groups is 2. The molecule has 1 atom stereocenters. The van der Waals surface area contributed by atoms with E-state index >= 15 is 0 Å². The van der Waals surface area contributed by atoms with Crippen LogP contribution in [0, 0.1) is 30.1 Å². The number of carbonyl (C=O) groups excluding carboxylic acids is 2. The van der Waals surface area contributed by atoms with Crippen LogP contribution in [-0.4, -0.2) is 24.4 Å². The number of aryl methyl sites for hydroxylation is 1. The molecular weight excluding hydrogens is 324 g/mol. The van der Waals surface area contributed by atoms with Crippen molar-refractivity contribution in [1.29, 1.82) is 0 Å². The number of hydrogen-bond donors (Lipinski definition) is 1. The Balaban J connectivity index is 1.28. The first-order chi connectivity index (χ1) is 12.5. The van der Waals surface area contributed by atoms with Gasteiger partial charge in [-0.25, -0.2) is 0 Å². The summed E-state index contributed by atoms with van der Waals surface area (Å²) in [6.45, 7) is 2.64. The smallest absolute Gasteiger partial charge is 0.229 e. The third-order valence-corrected chi connectivity index (χ3v) is 7.33. The topological polar surface area (TPSA) is 49.4 Å². The molecule has 4 saturated carbocycles. The number of hydrogen-bond acceptors (Lipinski definition) is 2. The van der Waals surface area contributed by atoms with Crippen LogP contribution >= 0.6 is 0 Å². The van der Waals surface area contributed by atoms with E-state index in [0.29, 0.717) is 13.0 Å². The van der Waals surface area contributed by atoms with E-state index in [1.54, 1.807) is 0 Å². The van der Waals surface area contributed by atoms with Crippen molar-refractivity contribution in [2.45, 2.75) is 57.9 Å². The highest BCUT2D eigenvalue weighted by Gasteiger charge is 2.55. The van der Waals surface area contributed by atoms with Gasteiger partial charge in [0, 0.05) is 24.1 Å². The molecular formula is C22H28N2O2. The van der Waals surface area contributed by atoms with Crippen molar-refractivity contribution in [1.82, 2.24) is 5.32 Å². The number of nitrogens with one attached hydrogen (secondary N) is 1. The number of anilines is 1. The quantitative estimate of drug-likeness (QED) is 0.906. The normalized spacial score (nSPS) is 38.0. The Morgan fingerprint density at radius 1 is 1.04 bits per heavy atom. The van der Waals surface area contributed by atoms with E-state index in [-0.39, 0.29) is 23.3 Å². The minimum atomic E-state index is -0.130. The summed E-state index contributed by atoms with van der Waals surface area (Å²) < 4.78 is 0. The molecule has 6 rings (SSSR count). The first-order valence-corrected chi connectivity index (χ1v) is 10.2. The van der Waals surface area contributed by atoms with Crippen LogP contribution in [0.1, 0.15) is 50.5 Å². The van der Waals surface area contributed by atoms with E-state index in [2.05, 4.69) is 5.32 Å². The van der Waals surface area contributed by atoms with Gasteiger partial charge in [-0.3, -0.25) is 9.59 Å². The van der Waals surface area contributed by atoms with Gasteiger partial charge in [0.25, 0.3) is 0 Å². The van der Waals surface area contributed by atoms with Crippen LogP contribution in [0.4, 0.5) is 5.69 Å². The lowest BCUT2D eigenvalue weighted by Gasteiger charge is -2.55. The molecule has 1 heterocycles. The zero-order valence-corrected chi connectivity index (χ0v) is 15.5. The molecule has 5 aliphatic rings. The Hall–Kier alpha value is -1.84. The maximum Gasteiger partial charge on any atom is 0.229 e. The predicted molar refractivity (Wildman–Crippen MR) is 101 cm³/mol. The molecule has 1 aliphatic heterocycles. The van der Waals surface area contributed by atoms with Crippen molar-refractivity contribution in [3.63, 3.8) is 0 Å². The second kappa shape index (κ2) is 5.83. The minimum absolute atomic E-state index is 0.0516. The van der Waals surface area contributed by atoms with E-state index in [1.165, 1.54) is 24.8 Å². The second-order valence-electron chi connectivity index (χ2n) is 9.41. The molecule has 0 spiro atoms. The van der Waals surface area contributed by atoms with E-state index in [4.69, 9.17) is 0 Å². The molecule has 2 amide bonds. The van der Waals surface area contributed by atoms with E-state index in [1.807, 2.05) is 36.1 Å². The molecule has 1 aromatic carbocycles. The first-order valence-electron chi connectivity index (χ1n) is 10.2. The molecule has 4 bridgehead atoms. The molecule has 1 saturated heterocycles. The zero-order chi connectivity index (χ0) is 17.9. The summed E-state index contributed by atoms with van der Waals surface area (Å²) in [5.41, 5.74) is 1.99. The Morgan fingerprint density at radius 3 is 2.19 bits per heavy atom. The minimum Gasteiger partial charge on any atom is -0.351 e. The highest BCUT2D eigenvalue weighted by atomic mass is 16.2. The van der Waals surface area contributed by atoms with Gasteiger partial charge in [0.15, 0.2) is 0 Å². The molecule has 26 heavy (non-hydrogen) atoms. The summed E-state index contributed by atoms with van der Waals surface area (Å²) in [7, 11) is 0. The summed E-state index contributed by atoms with van der Waals surface area (Å²) in [6.07, 6.45) is 7.68. The molecule has 0 unspecified atom stereocenters. The van der Waals surface area contributed by atoms with Crippen LogP contribution in [0.3, 0.4) is 0 Å². The number of nitrogens with zero attached hydrogens (tertiary/aromatic N) is 1. The van der Waals surface area contributed by atoms with Crippen molar-refractivity contribution < 1.29 is 9.59 Å². The SMILES string of the molecule is Cc1ccc(N2C[C@@H](NC(=O)C34CC5CC(CC(C5)C3)C4)CC2=O)cc1. The maximum atomic E-state index is 13.2. The summed E-state index contributed by atoms with van der Waals surface area (Å²) in [5.74, 6) is 2.65. The van der Waals surface area contributed by atoms with Crippen molar-refractivity contribution in [2.75, 3.05) is 11.4 Å². The molecule has 4 nitrogen and oxygen atoms in total. The summed E-state index contributed by atoms with van der Waals surface area (Å²) in [5, 5.41) is 3.28. The van der Waals surface area contributed by atoms with Gasteiger partial charge in [-0.1, -0.05) is 17.7 Å². The number of benzene rings is 1. The Kier molecular flexibility index (Phi) is 3.67. The average Bonchev–Trinajstić information content (AvgIpc) is 2.94.